The molecule has 1 aromatic rings. The van der Waals surface area contributed by atoms with Crippen LogP contribution in [0.4, 0.5) is 0 Å². The lowest BCUT2D eigenvalue weighted by atomic mass is 9.80. The average molecular weight is 236 g/mol. The predicted molar refractivity (Wildman–Crippen MR) is 73.1 cm³/mol. The summed E-state index contributed by atoms with van der Waals surface area (Å²) in [6, 6.07) is 7.67. The fourth-order valence-corrected chi connectivity index (χ4v) is 3.95. The highest BCUT2D eigenvalue weighted by Gasteiger charge is 2.39. The fraction of sp³-hybridized carbons (Fsp3) is 0.500. The average Bonchev–Trinajstić information content (AvgIpc) is 2.16. The molecule has 0 heterocycles. The summed E-state index contributed by atoms with van der Waals surface area (Å²) in [5.74, 6) is 0. The van der Waals surface area contributed by atoms with Gasteiger partial charge in [0.2, 0.25) is 0 Å². The molecule has 0 aliphatic heterocycles. The van der Waals surface area contributed by atoms with Gasteiger partial charge in [0.05, 0.1) is 8.07 Å². The molecule has 2 N–H and O–H groups in total. The first kappa shape index (κ1) is 13.5. The molecule has 0 aliphatic carbocycles. The van der Waals surface area contributed by atoms with Crippen molar-refractivity contribution < 1.29 is 10.0 Å². The Morgan fingerprint density at radius 2 is 1.56 bits per heavy atom. The molecule has 1 aromatic carbocycles. The van der Waals surface area contributed by atoms with Gasteiger partial charge in [-0.05, 0) is 10.5 Å². The van der Waals surface area contributed by atoms with Crippen molar-refractivity contribution in [1.82, 2.24) is 0 Å². The maximum Gasteiger partial charge on any atom is 0.488 e. The molecular formula is C12H21BO2Si. The molecule has 0 atom stereocenters. The Morgan fingerprint density at radius 1 is 1.06 bits per heavy atom. The molecule has 0 amide bonds. The summed E-state index contributed by atoms with van der Waals surface area (Å²) in [6.07, 6.45) is 0. The molecule has 0 bridgehead atoms. The van der Waals surface area contributed by atoms with Crippen molar-refractivity contribution in [3.63, 3.8) is 0 Å². The lowest BCUT2D eigenvalue weighted by molar-refractivity contribution is 0.426. The van der Waals surface area contributed by atoms with Crippen molar-refractivity contribution in [3.05, 3.63) is 24.3 Å². The van der Waals surface area contributed by atoms with E-state index in [0.29, 0.717) is 5.46 Å². The van der Waals surface area contributed by atoms with E-state index in [4.69, 9.17) is 0 Å². The Kier molecular flexibility index (Phi) is 3.67. The minimum atomic E-state index is -1.71. The molecule has 2 nitrogen and oxygen atoms in total. The molecule has 4 heteroatoms. The Hall–Kier alpha value is -0.578. The number of hydrogen-bond donors (Lipinski definition) is 2. The Balaban J connectivity index is 3.33. The topological polar surface area (TPSA) is 40.5 Å². The summed E-state index contributed by atoms with van der Waals surface area (Å²) >= 11 is 0. The van der Waals surface area contributed by atoms with E-state index in [9.17, 15) is 10.0 Å². The van der Waals surface area contributed by atoms with Crippen LogP contribution in [0.25, 0.3) is 0 Å². The summed E-state index contributed by atoms with van der Waals surface area (Å²) in [4.78, 5) is 0. The van der Waals surface area contributed by atoms with E-state index < -0.39 is 15.2 Å². The summed E-state index contributed by atoms with van der Waals surface area (Å²) in [5.41, 5.74) is 0.661. The highest BCUT2D eigenvalue weighted by atomic mass is 28.3. The van der Waals surface area contributed by atoms with Crippen LogP contribution in [0.15, 0.2) is 24.3 Å². The number of benzene rings is 1. The van der Waals surface area contributed by atoms with Gasteiger partial charge in [0.15, 0.2) is 0 Å². The maximum absolute atomic E-state index is 9.41. The minimum absolute atomic E-state index is 0.192. The lowest BCUT2D eigenvalue weighted by Crippen LogP contribution is -2.58. The monoisotopic (exact) mass is 236 g/mol. The standard InChI is InChI=1S/C12H21BO2Si/c1-12(2,3)16(4,5)11-9-7-6-8-10(11)13(14)15/h6-9,14-15H,1-5H3. The van der Waals surface area contributed by atoms with E-state index >= 15 is 0 Å². The van der Waals surface area contributed by atoms with Gasteiger partial charge in [-0.15, -0.1) is 0 Å². The van der Waals surface area contributed by atoms with Crippen molar-refractivity contribution >= 4 is 25.8 Å². The third-order valence-corrected chi connectivity index (χ3v) is 9.34. The van der Waals surface area contributed by atoms with Gasteiger partial charge in [-0.3, -0.25) is 0 Å². The van der Waals surface area contributed by atoms with Crippen molar-refractivity contribution in [2.45, 2.75) is 38.9 Å². The molecule has 0 fully saturated rings. The minimum Gasteiger partial charge on any atom is -0.423 e. The Morgan fingerprint density at radius 3 is 2.00 bits per heavy atom. The van der Waals surface area contributed by atoms with Crippen LogP contribution in [0.5, 0.6) is 0 Å². The quantitative estimate of drug-likeness (QED) is 0.754. The molecule has 0 saturated carbocycles. The van der Waals surface area contributed by atoms with E-state index in [0.717, 1.165) is 5.19 Å². The third kappa shape index (κ3) is 2.39. The molecule has 0 aliphatic rings. The van der Waals surface area contributed by atoms with E-state index in [-0.39, 0.29) is 5.04 Å². The van der Waals surface area contributed by atoms with E-state index in [1.807, 2.05) is 18.2 Å². The highest BCUT2D eigenvalue weighted by molar-refractivity contribution is 6.95. The van der Waals surface area contributed by atoms with Gasteiger partial charge in [-0.1, -0.05) is 63.3 Å². The maximum atomic E-state index is 9.41. The smallest absolute Gasteiger partial charge is 0.423 e. The molecule has 0 saturated heterocycles. The molecule has 0 spiro atoms. The Bertz CT molecular complexity index is 370. The number of rotatable bonds is 2. The van der Waals surface area contributed by atoms with Crippen LogP contribution in [0, 0.1) is 0 Å². The van der Waals surface area contributed by atoms with Crippen LogP contribution in [0.2, 0.25) is 18.1 Å². The number of hydrogen-bond acceptors (Lipinski definition) is 2. The SMILES string of the molecule is CC(C)(C)[Si](C)(C)c1ccccc1B(O)O. The van der Waals surface area contributed by atoms with E-state index in [1.165, 1.54) is 0 Å². The van der Waals surface area contributed by atoms with Gasteiger partial charge < -0.3 is 10.0 Å². The summed E-state index contributed by atoms with van der Waals surface area (Å²) < 4.78 is 0. The first-order chi connectivity index (χ1) is 7.18. The lowest BCUT2D eigenvalue weighted by Gasteiger charge is -2.38. The van der Waals surface area contributed by atoms with Gasteiger partial charge >= 0.3 is 7.12 Å². The third-order valence-electron chi connectivity index (χ3n) is 3.79. The van der Waals surface area contributed by atoms with Crippen LogP contribution < -0.4 is 10.6 Å². The molecular weight excluding hydrogens is 215 g/mol. The zero-order valence-corrected chi connectivity index (χ0v) is 11.8. The van der Waals surface area contributed by atoms with Crippen LogP contribution >= 0.6 is 0 Å². The second-order valence-electron chi connectivity index (χ2n) is 5.84. The van der Waals surface area contributed by atoms with Crippen LogP contribution in [-0.4, -0.2) is 25.2 Å². The van der Waals surface area contributed by atoms with Crippen molar-refractivity contribution in [2.24, 2.45) is 0 Å². The second-order valence-corrected chi connectivity index (χ2v) is 11.1. The summed E-state index contributed by atoms with van der Waals surface area (Å²) in [7, 11) is -3.08. The fourth-order valence-electron chi connectivity index (χ4n) is 1.70. The molecule has 1 rings (SSSR count). The van der Waals surface area contributed by atoms with Crippen LogP contribution in [0.3, 0.4) is 0 Å². The van der Waals surface area contributed by atoms with Gasteiger partial charge in [0.1, 0.15) is 0 Å². The largest absolute Gasteiger partial charge is 0.488 e. The van der Waals surface area contributed by atoms with Crippen molar-refractivity contribution in [3.8, 4) is 0 Å². The molecule has 16 heavy (non-hydrogen) atoms. The van der Waals surface area contributed by atoms with Gasteiger partial charge in [0, 0.05) is 0 Å². The van der Waals surface area contributed by atoms with Crippen LogP contribution in [-0.2, 0) is 0 Å². The van der Waals surface area contributed by atoms with Crippen LogP contribution in [0.1, 0.15) is 20.8 Å². The zero-order chi connectivity index (χ0) is 12.6. The van der Waals surface area contributed by atoms with Gasteiger partial charge in [-0.2, -0.15) is 0 Å². The molecule has 0 aromatic heterocycles. The predicted octanol–water partition coefficient (Wildman–Crippen LogP) is 1.08. The normalized spacial score (nSPS) is 12.7. The van der Waals surface area contributed by atoms with E-state index in [2.05, 4.69) is 33.9 Å². The van der Waals surface area contributed by atoms with Gasteiger partial charge in [-0.25, -0.2) is 0 Å². The van der Waals surface area contributed by atoms with E-state index in [1.54, 1.807) is 6.07 Å². The summed E-state index contributed by atoms with van der Waals surface area (Å²) in [6.45, 7) is 11.2. The van der Waals surface area contributed by atoms with Crippen molar-refractivity contribution in [1.29, 1.82) is 0 Å². The molecule has 0 unspecified atom stereocenters. The zero-order valence-electron chi connectivity index (χ0n) is 10.8. The summed E-state index contributed by atoms with van der Waals surface area (Å²) in [5, 5.41) is 20.2. The van der Waals surface area contributed by atoms with Crippen molar-refractivity contribution in [2.75, 3.05) is 0 Å². The first-order valence-electron chi connectivity index (χ1n) is 5.63. The second kappa shape index (κ2) is 4.36. The molecule has 0 radical (unpaired) electrons. The highest BCUT2D eigenvalue weighted by Crippen LogP contribution is 2.35. The van der Waals surface area contributed by atoms with Gasteiger partial charge in [0.25, 0.3) is 0 Å². The Labute approximate surface area is 99.5 Å². The molecule has 88 valence electrons. The first-order valence-corrected chi connectivity index (χ1v) is 8.63.